The Morgan fingerprint density at radius 3 is 2.70 bits per heavy atom. The monoisotopic (exact) mass is 368 g/mol. The van der Waals surface area contributed by atoms with E-state index in [9.17, 15) is 0 Å². The molecule has 0 aliphatic heterocycles. The smallest absolute Gasteiger partial charge is 0.115 e. The van der Waals surface area contributed by atoms with Crippen molar-refractivity contribution in [2.45, 2.75) is 6.42 Å². The van der Waals surface area contributed by atoms with Gasteiger partial charge in [-0.25, -0.2) is 4.98 Å². The number of benzene rings is 2. The van der Waals surface area contributed by atoms with E-state index in [1.807, 2.05) is 42.5 Å². The van der Waals surface area contributed by atoms with Crippen LogP contribution in [0.25, 0.3) is 16.7 Å². The van der Waals surface area contributed by atoms with Gasteiger partial charge in [-0.05, 0) is 46.3 Å². The van der Waals surface area contributed by atoms with Gasteiger partial charge in [-0.15, -0.1) is 11.6 Å². The molecule has 0 amide bonds. The van der Waals surface area contributed by atoms with Crippen LogP contribution in [0, 0.1) is 0 Å². The first-order valence-corrected chi connectivity index (χ1v) is 7.89. The molecule has 0 aliphatic rings. The van der Waals surface area contributed by atoms with Crippen LogP contribution >= 0.6 is 39.1 Å². The molecule has 0 radical (unpaired) electrons. The van der Waals surface area contributed by atoms with Crippen LogP contribution in [0.1, 0.15) is 5.82 Å². The fraction of sp³-hybridized carbons (Fsp3) is 0.133. The molecule has 0 bridgehead atoms. The van der Waals surface area contributed by atoms with Crippen LogP contribution in [-0.4, -0.2) is 15.4 Å². The van der Waals surface area contributed by atoms with Gasteiger partial charge in [-0.3, -0.25) is 4.57 Å². The maximum Gasteiger partial charge on any atom is 0.115 e. The van der Waals surface area contributed by atoms with Crippen LogP contribution < -0.4 is 0 Å². The third-order valence-electron chi connectivity index (χ3n) is 3.10. The first-order chi connectivity index (χ1) is 9.70. The summed E-state index contributed by atoms with van der Waals surface area (Å²) in [5.41, 5.74) is 2.95. The number of fused-ring (bicyclic) bond motifs is 1. The number of aryl methyl sites for hydroxylation is 1. The molecule has 2 nitrogen and oxygen atoms in total. The Balaban J connectivity index is 2.34. The van der Waals surface area contributed by atoms with Crippen molar-refractivity contribution in [3.63, 3.8) is 0 Å². The first-order valence-electron chi connectivity index (χ1n) is 6.18. The molecule has 102 valence electrons. The maximum absolute atomic E-state index is 6.13. The summed E-state index contributed by atoms with van der Waals surface area (Å²) in [7, 11) is 0. The number of nitrogens with zero attached hydrogens (tertiary/aromatic N) is 2. The molecule has 0 saturated heterocycles. The summed E-state index contributed by atoms with van der Waals surface area (Å²) in [6.07, 6.45) is 0.704. The Kier molecular flexibility index (Phi) is 4.01. The summed E-state index contributed by atoms with van der Waals surface area (Å²) in [6.45, 7) is 0. The molecule has 3 aromatic rings. The number of halogens is 3. The number of rotatable bonds is 3. The molecule has 0 saturated carbocycles. The van der Waals surface area contributed by atoms with Crippen molar-refractivity contribution in [1.82, 2.24) is 9.55 Å². The summed E-state index contributed by atoms with van der Waals surface area (Å²) in [6, 6.07) is 13.8. The third kappa shape index (κ3) is 2.46. The van der Waals surface area contributed by atoms with Gasteiger partial charge in [0, 0.05) is 21.8 Å². The number of para-hydroxylation sites is 1. The summed E-state index contributed by atoms with van der Waals surface area (Å²) >= 11 is 15.6. The molecule has 0 aliphatic carbocycles. The largest absolute Gasteiger partial charge is 0.295 e. The molecular weight excluding hydrogens is 359 g/mol. The van der Waals surface area contributed by atoms with Crippen molar-refractivity contribution >= 4 is 50.2 Å². The van der Waals surface area contributed by atoms with E-state index < -0.39 is 0 Å². The lowest BCUT2D eigenvalue weighted by molar-refractivity contribution is 0.909. The van der Waals surface area contributed by atoms with Crippen molar-refractivity contribution in [1.29, 1.82) is 0 Å². The Labute approximate surface area is 135 Å². The lowest BCUT2D eigenvalue weighted by Crippen LogP contribution is -2.02. The van der Waals surface area contributed by atoms with Gasteiger partial charge in [0.1, 0.15) is 5.82 Å². The molecule has 0 spiro atoms. The predicted octanol–water partition coefficient (Wildman–Crippen LogP) is 5.22. The molecule has 2 aromatic carbocycles. The van der Waals surface area contributed by atoms with Gasteiger partial charge in [0.15, 0.2) is 0 Å². The van der Waals surface area contributed by atoms with Crippen molar-refractivity contribution < 1.29 is 0 Å². The SMILES string of the molecule is ClCCc1nc2ccc(Cl)cc2n1-c1ccccc1Br. The Morgan fingerprint density at radius 2 is 1.95 bits per heavy atom. The van der Waals surface area contributed by atoms with Gasteiger partial charge in [0.2, 0.25) is 0 Å². The van der Waals surface area contributed by atoms with Crippen molar-refractivity contribution in [3.05, 3.63) is 57.8 Å². The zero-order valence-electron chi connectivity index (χ0n) is 10.5. The normalized spacial score (nSPS) is 11.2. The van der Waals surface area contributed by atoms with Gasteiger partial charge >= 0.3 is 0 Å². The predicted molar refractivity (Wildman–Crippen MR) is 88.2 cm³/mol. The van der Waals surface area contributed by atoms with Gasteiger partial charge < -0.3 is 0 Å². The highest BCUT2D eigenvalue weighted by Gasteiger charge is 2.14. The average molecular weight is 370 g/mol. The van der Waals surface area contributed by atoms with Crippen molar-refractivity contribution in [2.75, 3.05) is 5.88 Å². The highest BCUT2D eigenvalue weighted by molar-refractivity contribution is 9.10. The van der Waals surface area contributed by atoms with Gasteiger partial charge in [0.05, 0.1) is 16.7 Å². The van der Waals surface area contributed by atoms with E-state index >= 15 is 0 Å². The summed E-state index contributed by atoms with van der Waals surface area (Å²) in [4.78, 5) is 4.66. The lowest BCUT2D eigenvalue weighted by Gasteiger charge is -2.10. The highest BCUT2D eigenvalue weighted by Crippen LogP contribution is 2.29. The fourth-order valence-corrected chi connectivity index (χ4v) is 3.05. The number of hydrogen-bond donors (Lipinski definition) is 0. The van der Waals surface area contributed by atoms with Crippen molar-refractivity contribution in [2.24, 2.45) is 0 Å². The molecule has 3 rings (SSSR count). The number of alkyl halides is 1. The minimum absolute atomic E-state index is 0.529. The van der Waals surface area contributed by atoms with Crippen LogP contribution in [0.2, 0.25) is 5.02 Å². The Morgan fingerprint density at radius 1 is 1.15 bits per heavy atom. The maximum atomic E-state index is 6.13. The number of hydrogen-bond acceptors (Lipinski definition) is 1. The molecule has 0 atom stereocenters. The fourth-order valence-electron chi connectivity index (χ4n) is 2.25. The quantitative estimate of drug-likeness (QED) is 0.578. The van der Waals surface area contributed by atoms with Gasteiger partial charge in [0.25, 0.3) is 0 Å². The number of aromatic nitrogens is 2. The molecule has 1 aromatic heterocycles. The van der Waals surface area contributed by atoms with Crippen molar-refractivity contribution in [3.8, 4) is 5.69 Å². The summed E-state index contributed by atoms with van der Waals surface area (Å²) in [5.74, 6) is 1.46. The molecular formula is C15H11BrCl2N2. The van der Waals surface area contributed by atoms with E-state index in [1.165, 1.54) is 0 Å². The highest BCUT2D eigenvalue weighted by atomic mass is 79.9. The second-order valence-electron chi connectivity index (χ2n) is 4.39. The van der Waals surface area contributed by atoms with Crippen LogP contribution in [0.15, 0.2) is 46.9 Å². The average Bonchev–Trinajstić information content (AvgIpc) is 2.77. The molecule has 1 heterocycles. The lowest BCUT2D eigenvalue weighted by atomic mass is 10.2. The molecule has 0 fully saturated rings. The minimum Gasteiger partial charge on any atom is -0.295 e. The topological polar surface area (TPSA) is 17.8 Å². The third-order valence-corrected chi connectivity index (χ3v) is 4.19. The minimum atomic E-state index is 0.529. The second-order valence-corrected chi connectivity index (χ2v) is 6.06. The van der Waals surface area contributed by atoms with E-state index in [0.29, 0.717) is 17.3 Å². The van der Waals surface area contributed by atoms with E-state index in [-0.39, 0.29) is 0 Å². The zero-order chi connectivity index (χ0) is 14.1. The van der Waals surface area contributed by atoms with E-state index in [4.69, 9.17) is 23.2 Å². The van der Waals surface area contributed by atoms with Crippen LogP contribution in [0.3, 0.4) is 0 Å². The van der Waals surface area contributed by atoms with E-state index in [0.717, 1.165) is 27.0 Å². The number of imidazole rings is 1. The van der Waals surface area contributed by atoms with Gasteiger partial charge in [-0.2, -0.15) is 0 Å². The van der Waals surface area contributed by atoms with Crippen LogP contribution in [0.4, 0.5) is 0 Å². The second kappa shape index (κ2) is 5.76. The summed E-state index contributed by atoms with van der Waals surface area (Å²) < 4.78 is 3.11. The molecule has 0 unspecified atom stereocenters. The zero-order valence-corrected chi connectivity index (χ0v) is 13.6. The Bertz CT molecular complexity index is 768. The first kappa shape index (κ1) is 13.9. The molecule has 0 N–H and O–H groups in total. The molecule has 20 heavy (non-hydrogen) atoms. The standard InChI is InChI=1S/C15H11BrCl2N2/c16-11-3-1-2-4-13(11)20-14-9-10(18)5-6-12(14)19-15(20)7-8-17/h1-6,9H,7-8H2. The van der Waals surface area contributed by atoms with Gasteiger partial charge in [-0.1, -0.05) is 23.7 Å². The molecule has 5 heteroatoms. The van der Waals surface area contributed by atoms with Crippen LogP contribution in [-0.2, 0) is 6.42 Å². The summed E-state index contributed by atoms with van der Waals surface area (Å²) in [5, 5.41) is 0.697. The van der Waals surface area contributed by atoms with E-state index in [2.05, 4.69) is 25.5 Å². The van der Waals surface area contributed by atoms with Crippen LogP contribution in [0.5, 0.6) is 0 Å². The Hall–Kier alpha value is -1.03. The van der Waals surface area contributed by atoms with E-state index in [1.54, 1.807) is 0 Å².